The van der Waals surface area contributed by atoms with E-state index in [9.17, 15) is 0 Å². The van der Waals surface area contributed by atoms with Gasteiger partial charge in [-0.3, -0.25) is 0 Å². The van der Waals surface area contributed by atoms with E-state index in [1.807, 2.05) is 30.3 Å². The molecule has 1 saturated heterocycles. The maximum atomic E-state index is 6.32. The summed E-state index contributed by atoms with van der Waals surface area (Å²) in [6.07, 6.45) is 4.84. The van der Waals surface area contributed by atoms with Crippen LogP contribution in [0.1, 0.15) is 32.6 Å². The Bertz CT molecular complexity index is 618. The average Bonchev–Trinajstić information content (AvgIpc) is 2.63. The van der Waals surface area contributed by atoms with Crippen LogP contribution in [0.25, 0.3) is 0 Å². The zero-order valence-corrected chi connectivity index (χ0v) is 15.8. The highest BCUT2D eigenvalue weighted by Crippen LogP contribution is 2.28. The van der Waals surface area contributed by atoms with Gasteiger partial charge in [-0.1, -0.05) is 38.0 Å². The molecular formula is C21H29ClN2O. The van der Waals surface area contributed by atoms with Gasteiger partial charge in [0.05, 0.1) is 0 Å². The third-order valence-corrected chi connectivity index (χ3v) is 4.90. The number of anilines is 1. The van der Waals surface area contributed by atoms with Gasteiger partial charge in [0, 0.05) is 24.8 Å². The number of benzene rings is 2. The molecule has 0 saturated carbocycles. The molecule has 1 aliphatic rings. The first-order chi connectivity index (χ1) is 11.8. The highest BCUT2D eigenvalue weighted by Gasteiger charge is 2.26. The molecule has 0 bridgehead atoms. The van der Waals surface area contributed by atoms with E-state index >= 15 is 0 Å². The minimum atomic E-state index is 0. The van der Waals surface area contributed by atoms with E-state index in [1.165, 1.54) is 24.9 Å². The summed E-state index contributed by atoms with van der Waals surface area (Å²) >= 11 is 0. The van der Waals surface area contributed by atoms with E-state index in [0.29, 0.717) is 12.0 Å². The van der Waals surface area contributed by atoms with Crippen LogP contribution < -0.4 is 15.4 Å². The second kappa shape index (κ2) is 9.69. The molecule has 0 spiro atoms. The van der Waals surface area contributed by atoms with Crippen LogP contribution in [0.15, 0.2) is 54.6 Å². The summed E-state index contributed by atoms with van der Waals surface area (Å²) in [5, 5.41) is 0. The van der Waals surface area contributed by atoms with E-state index < -0.39 is 0 Å². The van der Waals surface area contributed by atoms with E-state index in [1.54, 1.807) is 0 Å². The number of halogens is 1. The summed E-state index contributed by atoms with van der Waals surface area (Å²) in [6, 6.07) is 18.7. The van der Waals surface area contributed by atoms with Crippen molar-refractivity contribution in [3.8, 4) is 11.5 Å². The SMILES string of the molecule is CCCCC1CN(c2ccc(Oc3ccccc3)cc2)CCC1N.Cl. The second-order valence-corrected chi connectivity index (χ2v) is 6.71. The Labute approximate surface area is 157 Å². The molecule has 1 heterocycles. The minimum Gasteiger partial charge on any atom is -0.457 e. The number of hydrogen-bond acceptors (Lipinski definition) is 3. The fraction of sp³-hybridized carbons (Fsp3) is 0.429. The molecule has 136 valence electrons. The van der Waals surface area contributed by atoms with Crippen LogP contribution in [-0.4, -0.2) is 19.1 Å². The van der Waals surface area contributed by atoms with Crippen molar-refractivity contribution in [3.05, 3.63) is 54.6 Å². The molecule has 2 aromatic rings. The van der Waals surface area contributed by atoms with Crippen molar-refractivity contribution in [1.29, 1.82) is 0 Å². The van der Waals surface area contributed by atoms with Gasteiger partial charge in [-0.05, 0) is 55.2 Å². The molecule has 1 aliphatic heterocycles. The summed E-state index contributed by atoms with van der Waals surface area (Å²) in [5.41, 5.74) is 7.59. The Morgan fingerprint density at radius 1 is 1.04 bits per heavy atom. The molecule has 0 amide bonds. The highest BCUT2D eigenvalue weighted by atomic mass is 35.5. The van der Waals surface area contributed by atoms with Crippen LogP contribution in [0.2, 0.25) is 0 Å². The first kappa shape index (κ1) is 19.6. The van der Waals surface area contributed by atoms with Gasteiger partial charge in [-0.25, -0.2) is 0 Å². The number of nitrogens with zero attached hydrogens (tertiary/aromatic N) is 1. The van der Waals surface area contributed by atoms with Crippen LogP contribution in [0, 0.1) is 5.92 Å². The van der Waals surface area contributed by atoms with Crippen molar-refractivity contribution in [2.45, 2.75) is 38.6 Å². The second-order valence-electron chi connectivity index (χ2n) is 6.71. The lowest BCUT2D eigenvalue weighted by molar-refractivity contribution is 0.330. The molecule has 25 heavy (non-hydrogen) atoms. The average molecular weight is 361 g/mol. The summed E-state index contributed by atoms with van der Waals surface area (Å²) in [5.74, 6) is 2.36. The van der Waals surface area contributed by atoms with Crippen molar-refractivity contribution in [3.63, 3.8) is 0 Å². The van der Waals surface area contributed by atoms with Crippen LogP contribution in [0.4, 0.5) is 5.69 Å². The predicted octanol–water partition coefficient (Wildman–Crippen LogP) is 5.24. The van der Waals surface area contributed by atoms with Crippen molar-refractivity contribution in [1.82, 2.24) is 0 Å². The Morgan fingerprint density at radius 2 is 1.72 bits per heavy atom. The van der Waals surface area contributed by atoms with Gasteiger partial charge in [-0.2, -0.15) is 0 Å². The normalized spacial score (nSPS) is 20.0. The van der Waals surface area contributed by atoms with Crippen LogP contribution in [0.3, 0.4) is 0 Å². The van der Waals surface area contributed by atoms with Crippen molar-refractivity contribution in [2.24, 2.45) is 11.7 Å². The third kappa shape index (κ3) is 5.38. The summed E-state index contributed by atoms with van der Waals surface area (Å²) in [7, 11) is 0. The Morgan fingerprint density at radius 3 is 2.40 bits per heavy atom. The van der Waals surface area contributed by atoms with Gasteiger partial charge in [0.1, 0.15) is 11.5 Å². The molecule has 3 rings (SSSR count). The molecule has 0 radical (unpaired) electrons. The molecule has 0 aromatic heterocycles. The van der Waals surface area contributed by atoms with E-state index in [2.05, 4.69) is 36.1 Å². The molecule has 0 aliphatic carbocycles. The number of para-hydroxylation sites is 1. The number of unbranched alkanes of at least 4 members (excludes halogenated alkanes) is 1. The Hall–Kier alpha value is -1.71. The molecule has 4 heteroatoms. The zero-order chi connectivity index (χ0) is 16.8. The quantitative estimate of drug-likeness (QED) is 0.765. The van der Waals surface area contributed by atoms with E-state index in [-0.39, 0.29) is 12.4 Å². The number of ether oxygens (including phenoxy) is 1. The Balaban J connectivity index is 0.00000225. The topological polar surface area (TPSA) is 38.5 Å². The lowest BCUT2D eigenvalue weighted by Crippen LogP contribution is -2.47. The monoisotopic (exact) mass is 360 g/mol. The molecule has 2 aromatic carbocycles. The fourth-order valence-corrected chi connectivity index (χ4v) is 3.41. The smallest absolute Gasteiger partial charge is 0.127 e. The third-order valence-electron chi connectivity index (χ3n) is 4.90. The molecule has 3 nitrogen and oxygen atoms in total. The largest absolute Gasteiger partial charge is 0.457 e. The van der Waals surface area contributed by atoms with Crippen molar-refractivity contribution in [2.75, 3.05) is 18.0 Å². The number of nitrogens with two attached hydrogens (primary N) is 1. The molecule has 2 unspecified atom stereocenters. The zero-order valence-electron chi connectivity index (χ0n) is 14.9. The predicted molar refractivity (Wildman–Crippen MR) is 108 cm³/mol. The number of rotatable bonds is 6. The van der Waals surface area contributed by atoms with Crippen LogP contribution >= 0.6 is 12.4 Å². The Kier molecular flexibility index (Phi) is 7.60. The highest BCUT2D eigenvalue weighted by molar-refractivity contribution is 5.85. The van der Waals surface area contributed by atoms with Gasteiger partial charge >= 0.3 is 0 Å². The van der Waals surface area contributed by atoms with Gasteiger partial charge < -0.3 is 15.4 Å². The van der Waals surface area contributed by atoms with Gasteiger partial charge in [-0.15, -0.1) is 12.4 Å². The lowest BCUT2D eigenvalue weighted by atomic mass is 9.88. The number of piperidine rings is 1. The summed E-state index contributed by atoms with van der Waals surface area (Å²) < 4.78 is 5.87. The maximum Gasteiger partial charge on any atom is 0.127 e. The molecule has 1 fully saturated rings. The number of hydrogen-bond donors (Lipinski definition) is 1. The van der Waals surface area contributed by atoms with Gasteiger partial charge in [0.25, 0.3) is 0 Å². The van der Waals surface area contributed by atoms with Crippen molar-refractivity contribution >= 4 is 18.1 Å². The van der Waals surface area contributed by atoms with Crippen LogP contribution in [0.5, 0.6) is 11.5 Å². The molecule has 2 N–H and O–H groups in total. The fourth-order valence-electron chi connectivity index (χ4n) is 3.41. The van der Waals surface area contributed by atoms with E-state index in [0.717, 1.165) is 31.0 Å². The summed E-state index contributed by atoms with van der Waals surface area (Å²) in [4.78, 5) is 2.47. The standard InChI is InChI=1S/C21H28N2O.ClH/c1-2-3-7-17-16-23(15-14-21(17)22)18-10-12-20(13-11-18)24-19-8-5-4-6-9-19;/h4-6,8-13,17,21H,2-3,7,14-16,22H2,1H3;1H. The molecule has 2 atom stereocenters. The van der Waals surface area contributed by atoms with Gasteiger partial charge in [0.15, 0.2) is 0 Å². The first-order valence-corrected chi connectivity index (χ1v) is 9.09. The van der Waals surface area contributed by atoms with E-state index in [4.69, 9.17) is 10.5 Å². The first-order valence-electron chi connectivity index (χ1n) is 9.09. The molecular weight excluding hydrogens is 332 g/mol. The summed E-state index contributed by atoms with van der Waals surface area (Å²) in [6.45, 7) is 4.36. The van der Waals surface area contributed by atoms with Gasteiger partial charge in [0.2, 0.25) is 0 Å². The van der Waals surface area contributed by atoms with Crippen LogP contribution in [-0.2, 0) is 0 Å². The minimum absolute atomic E-state index is 0. The van der Waals surface area contributed by atoms with Crippen molar-refractivity contribution < 1.29 is 4.74 Å². The lowest BCUT2D eigenvalue weighted by Gasteiger charge is -2.38. The maximum absolute atomic E-state index is 6.32.